The van der Waals surface area contributed by atoms with Gasteiger partial charge in [-0.15, -0.1) is 10.2 Å². The minimum absolute atomic E-state index is 0.0277. The second kappa shape index (κ2) is 8.44. The van der Waals surface area contributed by atoms with Crippen LogP contribution in [-0.2, 0) is 11.3 Å². The quantitative estimate of drug-likeness (QED) is 0.597. The van der Waals surface area contributed by atoms with Crippen LogP contribution in [-0.4, -0.2) is 22.2 Å². The number of rotatable bonds is 7. The van der Waals surface area contributed by atoms with E-state index in [1.165, 1.54) is 18.2 Å². The van der Waals surface area contributed by atoms with E-state index in [1.807, 2.05) is 24.3 Å². The monoisotopic (exact) mass is 369 g/mol. The summed E-state index contributed by atoms with van der Waals surface area (Å²) in [6, 6.07) is 13.2. The minimum Gasteiger partial charge on any atom is -0.493 e. The standard InChI is InChI=1S/C20H20FN3O3/c1-2-3-12-24-16-10-6-4-8-14(16)19(20(24)26)23-22-18(25)13-27-17-11-7-5-9-15(17)21/h4-11,26H,2-3,12-13H2,1H3. The summed E-state index contributed by atoms with van der Waals surface area (Å²) in [5.41, 5.74) is 1.06. The molecule has 0 aliphatic rings. The van der Waals surface area contributed by atoms with Crippen molar-refractivity contribution in [3.8, 4) is 11.6 Å². The molecule has 0 aliphatic heterocycles. The first-order valence-corrected chi connectivity index (χ1v) is 8.74. The van der Waals surface area contributed by atoms with Crippen LogP contribution in [0.5, 0.6) is 11.6 Å². The van der Waals surface area contributed by atoms with Crippen molar-refractivity contribution >= 4 is 22.5 Å². The number of azo groups is 1. The molecular weight excluding hydrogens is 349 g/mol. The number of aromatic nitrogens is 1. The molecule has 1 amide bonds. The number of aryl methyl sites for hydroxylation is 1. The fraction of sp³-hybridized carbons (Fsp3) is 0.250. The zero-order valence-corrected chi connectivity index (χ0v) is 14.9. The van der Waals surface area contributed by atoms with Crippen LogP contribution < -0.4 is 4.74 Å². The van der Waals surface area contributed by atoms with Crippen molar-refractivity contribution in [3.63, 3.8) is 0 Å². The molecule has 1 aromatic heterocycles. The number of hydrogen-bond donors (Lipinski definition) is 1. The van der Waals surface area contributed by atoms with E-state index in [0.29, 0.717) is 11.9 Å². The van der Waals surface area contributed by atoms with Gasteiger partial charge in [0, 0.05) is 11.9 Å². The molecular formula is C20H20FN3O3. The first-order chi connectivity index (χ1) is 13.1. The molecule has 0 saturated carbocycles. The fourth-order valence-corrected chi connectivity index (χ4v) is 2.75. The fourth-order valence-electron chi connectivity index (χ4n) is 2.75. The molecule has 0 unspecified atom stereocenters. The van der Waals surface area contributed by atoms with E-state index in [9.17, 15) is 14.3 Å². The summed E-state index contributed by atoms with van der Waals surface area (Å²) in [7, 11) is 0. The predicted octanol–water partition coefficient (Wildman–Crippen LogP) is 4.98. The van der Waals surface area contributed by atoms with E-state index in [1.54, 1.807) is 10.6 Å². The van der Waals surface area contributed by atoms with E-state index in [-0.39, 0.29) is 17.3 Å². The SMILES string of the molecule is CCCCn1c(O)c(N=NC(=O)COc2ccccc2F)c2ccccc21. The van der Waals surface area contributed by atoms with Crippen molar-refractivity contribution in [3.05, 3.63) is 54.3 Å². The second-order valence-electron chi connectivity index (χ2n) is 6.01. The third kappa shape index (κ3) is 4.13. The molecule has 27 heavy (non-hydrogen) atoms. The Hall–Kier alpha value is -3.22. The van der Waals surface area contributed by atoms with Crippen LogP contribution in [0.3, 0.4) is 0 Å². The van der Waals surface area contributed by atoms with Gasteiger partial charge in [0.05, 0.1) is 5.52 Å². The molecule has 3 rings (SSSR count). The minimum atomic E-state index is -0.678. The van der Waals surface area contributed by atoms with Gasteiger partial charge in [0.15, 0.2) is 23.9 Å². The maximum Gasteiger partial charge on any atom is 0.302 e. The highest BCUT2D eigenvalue weighted by Gasteiger charge is 2.16. The third-order valence-electron chi connectivity index (χ3n) is 4.10. The number of amides is 1. The van der Waals surface area contributed by atoms with Crippen LogP contribution in [0.1, 0.15) is 19.8 Å². The van der Waals surface area contributed by atoms with Crippen molar-refractivity contribution in [1.82, 2.24) is 4.57 Å². The lowest BCUT2D eigenvalue weighted by molar-refractivity contribution is -0.120. The number of carbonyl (C=O) groups excluding carboxylic acids is 1. The van der Waals surface area contributed by atoms with Crippen molar-refractivity contribution < 1.29 is 19.0 Å². The topological polar surface area (TPSA) is 76.2 Å². The second-order valence-corrected chi connectivity index (χ2v) is 6.01. The van der Waals surface area contributed by atoms with Crippen LogP contribution in [0.25, 0.3) is 10.9 Å². The van der Waals surface area contributed by atoms with Crippen LogP contribution in [0.4, 0.5) is 10.1 Å². The maximum absolute atomic E-state index is 13.5. The lowest BCUT2D eigenvalue weighted by atomic mass is 10.2. The Balaban J connectivity index is 1.78. The molecule has 6 nitrogen and oxygen atoms in total. The summed E-state index contributed by atoms with van der Waals surface area (Å²) in [4.78, 5) is 11.9. The van der Waals surface area contributed by atoms with Crippen LogP contribution >= 0.6 is 0 Å². The molecule has 140 valence electrons. The molecule has 0 aliphatic carbocycles. The number of halogens is 1. The highest BCUT2D eigenvalue weighted by atomic mass is 19.1. The summed E-state index contributed by atoms with van der Waals surface area (Å²) >= 11 is 0. The number of benzene rings is 2. The Kier molecular flexibility index (Phi) is 5.80. The Labute approximate surface area is 155 Å². The first-order valence-electron chi connectivity index (χ1n) is 8.74. The molecule has 0 atom stereocenters. The number of para-hydroxylation sites is 2. The number of aromatic hydroxyl groups is 1. The van der Waals surface area contributed by atoms with Gasteiger partial charge in [-0.25, -0.2) is 4.39 Å². The van der Waals surface area contributed by atoms with E-state index < -0.39 is 18.3 Å². The Morgan fingerprint density at radius 2 is 1.93 bits per heavy atom. The van der Waals surface area contributed by atoms with Gasteiger partial charge in [0.1, 0.15) is 0 Å². The molecule has 1 heterocycles. The molecule has 7 heteroatoms. The first kappa shape index (κ1) is 18.6. The van der Waals surface area contributed by atoms with Crippen LogP contribution in [0.15, 0.2) is 58.8 Å². The van der Waals surface area contributed by atoms with E-state index >= 15 is 0 Å². The zero-order chi connectivity index (χ0) is 19.2. The maximum atomic E-state index is 13.5. The molecule has 0 bridgehead atoms. The molecule has 0 saturated heterocycles. The van der Waals surface area contributed by atoms with E-state index in [0.717, 1.165) is 18.4 Å². The highest BCUT2D eigenvalue weighted by molar-refractivity contribution is 5.95. The summed E-state index contributed by atoms with van der Waals surface area (Å²) in [5.74, 6) is -1.29. The van der Waals surface area contributed by atoms with Gasteiger partial charge in [-0.05, 0) is 24.6 Å². The highest BCUT2D eigenvalue weighted by Crippen LogP contribution is 2.38. The summed E-state index contributed by atoms with van der Waals surface area (Å²) < 4.78 is 20.4. The van der Waals surface area contributed by atoms with E-state index in [4.69, 9.17) is 4.74 Å². The molecule has 0 spiro atoms. The lowest BCUT2D eigenvalue weighted by Gasteiger charge is -2.05. The van der Waals surface area contributed by atoms with Gasteiger partial charge in [0.2, 0.25) is 5.88 Å². The van der Waals surface area contributed by atoms with E-state index in [2.05, 4.69) is 17.2 Å². The van der Waals surface area contributed by atoms with Crippen molar-refractivity contribution in [2.75, 3.05) is 6.61 Å². The smallest absolute Gasteiger partial charge is 0.302 e. The van der Waals surface area contributed by atoms with Crippen LogP contribution in [0, 0.1) is 5.82 Å². The average Bonchev–Trinajstić information content (AvgIpc) is 2.95. The number of ether oxygens (including phenoxy) is 1. The number of hydrogen-bond acceptors (Lipinski definition) is 4. The van der Waals surface area contributed by atoms with Gasteiger partial charge in [-0.2, -0.15) is 0 Å². The molecule has 0 fully saturated rings. The largest absolute Gasteiger partial charge is 0.493 e. The zero-order valence-electron chi connectivity index (χ0n) is 14.9. The van der Waals surface area contributed by atoms with Gasteiger partial charge in [-0.1, -0.05) is 43.7 Å². The lowest BCUT2D eigenvalue weighted by Crippen LogP contribution is -2.08. The van der Waals surface area contributed by atoms with Crippen molar-refractivity contribution in [1.29, 1.82) is 0 Å². The summed E-state index contributed by atoms with van der Waals surface area (Å²) in [6.45, 7) is 2.26. The predicted molar refractivity (Wildman–Crippen MR) is 99.9 cm³/mol. The van der Waals surface area contributed by atoms with Crippen molar-refractivity contribution in [2.24, 2.45) is 10.2 Å². The average molecular weight is 369 g/mol. The molecule has 3 aromatic rings. The normalized spacial score (nSPS) is 11.3. The third-order valence-corrected chi connectivity index (χ3v) is 4.10. The van der Waals surface area contributed by atoms with Gasteiger partial charge < -0.3 is 14.4 Å². The molecule has 2 aromatic carbocycles. The summed E-state index contributed by atoms with van der Waals surface area (Å²) in [5, 5.41) is 18.8. The summed E-state index contributed by atoms with van der Waals surface area (Å²) in [6.07, 6.45) is 1.88. The van der Waals surface area contributed by atoms with Gasteiger partial charge in [0.25, 0.3) is 0 Å². The Morgan fingerprint density at radius 1 is 1.19 bits per heavy atom. The number of fused-ring (bicyclic) bond motifs is 1. The van der Waals surface area contributed by atoms with Crippen LogP contribution in [0.2, 0.25) is 0 Å². The molecule has 1 N–H and O–H groups in total. The van der Waals surface area contributed by atoms with Crippen molar-refractivity contribution in [2.45, 2.75) is 26.3 Å². The number of carbonyl (C=O) groups is 1. The van der Waals surface area contributed by atoms with Gasteiger partial charge >= 0.3 is 5.91 Å². The number of unbranched alkanes of at least 4 members (excludes halogenated alkanes) is 1. The Bertz CT molecular complexity index is 982. The Morgan fingerprint density at radius 3 is 2.70 bits per heavy atom. The number of nitrogens with zero attached hydrogens (tertiary/aromatic N) is 3. The van der Waals surface area contributed by atoms with Gasteiger partial charge in [-0.3, -0.25) is 4.79 Å². The molecule has 0 radical (unpaired) electrons.